The first-order chi connectivity index (χ1) is 10.4. The molecule has 4 nitrogen and oxygen atoms in total. The van der Waals surface area contributed by atoms with Crippen LogP contribution in [-0.4, -0.2) is 13.6 Å². The van der Waals surface area contributed by atoms with Gasteiger partial charge in [-0.15, -0.1) is 0 Å². The van der Waals surface area contributed by atoms with Gasteiger partial charge >= 0.3 is 0 Å². The highest BCUT2D eigenvalue weighted by atomic mass is 16.7. The Bertz CT molecular complexity index is 608. The van der Waals surface area contributed by atoms with E-state index >= 15 is 0 Å². The highest BCUT2D eigenvalue weighted by molar-refractivity contribution is 5.47. The van der Waals surface area contributed by atoms with Gasteiger partial charge in [0.1, 0.15) is 11.5 Å². The van der Waals surface area contributed by atoms with Gasteiger partial charge in [-0.1, -0.05) is 24.3 Å². The second-order valence-electron chi connectivity index (χ2n) is 5.19. The van der Waals surface area contributed by atoms with E-state index in [0.717, 1.165) is 29.0 Å². The van der Waals surface area contributed by atoms with Crippen LogP contribution in [0, 0.1) is 0 Å². The summed E-state index contributed by atoms with van der Waals surface area (Å²) in [5.74, 6) is 1.85. The maximum atomic E-state index is 5.54. The van der Waals surface area contributed by atoms with Crippen LogP contribution in [0.5, 0.6) is 11.5 Å². The van der Waals surface area contributed by atoms with Gasteiger partial charge < -0.3 is 18.9 Å². The van der Waals surface area contributed by atoms with E-state index in [2.05, 4.69) is 12.1 Å². The molecular formula is C17H16O4. The van der Waals surface area contributed by atoms with Crippen molar-refractivity contribution in [3.05, 3.63) is 58.7 Å². The molecular weight excluding hydrogens is 268 g/mol. The van der Waals surface area contributed by atoms with E-state index in [9.17, 15) is 0 Å². The lowest BCUT2D eigenvalue weighted by molar-refractivity contribution is -0.0172. The van der Waals surface area contributed by atoms with Crippen molar-refractivity contribution in [1.82, 2.24) is 0 Å². The van der Waals surface area contributed by atoms with Crippen molar-refractivity contribution >= 4 is 0 Å². The fourth-order valence-electron chi connectivity index (χ4n) is 2.85. The van der Waals surface area contributed by atoms with Crippen LogP contribution in [0.2, 0.25) is 0 Å². The Balaban J connectivity index is 1.71. The molecule has 0 spiro atoms. The number of fused-ring (bicyclic) bond motifs is 2. The van der Waals surface area contributed by atoms with Gasteiger partial charge in [0.2, 0.25) is 0 Å². The zero-order chi connectivity index (χ0) is 14.1. The molecule has 2 heterocycles. The summed E-state index contributed by atoms with van der Waals surface area (Å²) in [4.78, 5) is 0. The number of rotatable bonds is 2. The Hall–Kier alpha value is -2.04. The molecule has 0 unspecified atom stereocenters. The zero-order valence-electron chi connectivity index (χ0n) is 11.6. The van der Waals surface area contributed by atoms with Gasteiger partial charge in [-0.05, 0) is 29.7 Å². The fourth-order valence-corrected chi connectivity index (χ4v) is 2.85. The van der Waals surface area contributed by atoms with Gasteiger partial charge in [0.25, 0.3) is 0 Å². The molecule has 4 rings (SSSR count). The second-order valence-corrected chi connectivity index (χ2v) is 5.19. The quantitative estimate of drug-likeness (QED) is 0.849. The summed E-state index contributed by atoms with van der Waals surface area (Å²) in [5.41, 5.74) is 4.73. The third kappa shape index (κ3) is 2.37. The van der Waals surface area contributed by atoms with E-state index in [-0.39, 0.29) is 0 Å². The minimum atomic E-state index is 0.332. The van der Waals surface area contributed by atoms with Crippen molar-refractivity contribution in [2.45, 2.75) is 19.6 Å². The molecule has 0 amide bonds. The van der Waals surface area contributed by atoms with E-state index in [4.69, 9.17) is 18.9 Å². The highest BCUT2D eigenvalue weighted by Gasteiger charge is 2.18. The normalized spacial score (nSPS) is 16.4. The van der Waals surface area contributed by atoms with Crippen LogP contribution in [0.3, 0.4) is 0 Å². The molecule has 108 valence electrons. The van der Waals surface area contributed by atoms with Gasteiger partial charge in [-0.3, -0.25) is 0 Å². The van der Waals surface area contributed by atoms with Crippen LogP contribution >= 0.6 is 0 Å². The first-order valence-electron chi connectivity index (χ1n) is 7.04. The number of ether oxygens (including phenoxy) is 4. The van der Waals surface area contributed by atoms with Crippen molar-refractivity contribution in [3.63, 3.8) is 0 Å². The number of benzene rings is 2. The smallest absolute Gasteiger partial charge is 0.189 e. The molecule has 0 N–H and O–H groups in total. The molecule has 0 saturated heterocycles. The van der Waals surface area contributed by atoms with E-state index in [1.54, 1.807) is 0 Å². The van der Waals surface area contributed by atoms with Crippen LogP contribution < -0.4 is 9.47 Å². The molecule has 0 radical (unpaired) electrons. The van der Waals surface area contributed by atoms with Crippen LogP contribution in [0.15, 0.2) is 36.4 Å². The summed E-state index contributed by atoms with van der Waals surface area (Å²) in [6.07, 6.45) is 0.825. The minimum absolute atomic E-state index is 0.332. The maximum absolute atomic E-state index is 5.54. The molecule has 2 aliphatic heterocycles. The second kappa shape index (κ2) is 5.39. The maximum Gasteiger partial charge on any atom is 0.189 e. The fraction of sp³-hybridized carbons (Fsp3) is 0.294. The Kier molecular flexibility index (Phi) is 3.25. The Morgan fingerprint density at radius 2 is 1.24 bits per heavy atom. The summed E-state index contributed by atoms with van der Waals surface area (Å²) in [6, 6.07) is 12.3. The van der Waals surface area contributed by atoms with Crippen LogP contribution in [0.1, 0.15) is 22.3 Å². The van der Waals surface area contributed by atoms with Crippen molar-refractivity contribution in [3.8, 4) is 11.5 Å². The zero-order valence-corrected chi connectivity index (χ0v) is 11.6. The van der Waals surface area contributed by atoms with Crippen molar-refractivity contribution < 1.29 is 18.9 Å². The average molecular weight is 284 g/mol. The Morgan fingerprint density at radius 3 is 1.76 bits per heavy atom. The van der Waals surface area contributed by atoms with E-state index in [0.29, 0.717) is 26.8 Å². The van der Waals surface area contributed by atoms with E-state index < -0.39 is 0 Å². The molecule has 0 aliphatic carbocycles. The van der Waals surface area contributed by atoms with Gasteiger partial charge in [-0.25, -0.2) is 0 Å². The highest BCUT2D eigenvalue weighted by Crippen LogP contribution is 2.32. The SMILES string of the molecule is c1cc(Cc2cccc3c2COCO3)c2c(c1)OCOC2. The van der Waals surface area contributed by atoms with Crippen molar-refractivity contribution in [1.29, 1.82) is 0 Å². The Labute approximate surface area is 123 Å². The summed E-state index contributed by atoms with van der Waals surface area (Å²) >= 11 is 0. The predicted molar refractivity (Wildman–Crippen MR) is 76.3 cm³/mol. The van der Waals surface area contributed by atoms with Gasteiger partial charge in [0, 0.05) is 11.1 Å². The molecule has 0 atom stereocenters. The number of hydrogen-bond acceptors (Lipinski definition) is 4. The standard InChI is InChI=1S/C17H16O4/c1-3-12(14-8-18-10-20-16(14)5-1)7-13-4-2-6-17-15(13)9-19-11-21-17/h1-6H,7-11H2. The lowest BCUT2D eigenvalue weighted by Gasteiger charge is -2.23. The van der Waals surface area contributed by atoms with Crippen molar-refractivity contribution in [2.24, 2.45) is 0 Å². The molecule has 2 aromatic rings. The first-order valence-corrected chi connectivity index (χ1v) is 7.04. The molecule has 0 aromatic heterocycles. The molecule has 2 aliphatic rings. The summed E-state index contributed by atoms with van der Waals surface area (Å²) in [7, 11) is 0. The minimum Gasteiger partial charge on any atom is -0.467 e. The lowest BCUT2D eigenvalue weighted by Crippen LogP contribution is -2.15. The molecule has 2 aromatic carbocycles. The molecule has 4 heteroatoms. The first kappa shape index (κ1) is 12.7. The summed E-state index contributed by atoms with van der Waals surface area (Å²) in [5, 5.41) is 0. The third-order valence-electron chi connectivity index (χ3n) is 3.93. The van der Waals surface area contributed by atoms with E-state index in [1.807, 2.05) is 24.3 Å². The van der Waals surface area contributed by atoms with Crippen LogP contribution in [0.4, 0.5) is 0 Å². The molecule has 21 heavy (non-hydrogen) atoms. The predicted octanol–water partition coefficient (Wildman–Crippen LogP) is 3.01. The summed E-state index contributed by atoms with van der Waals surface area (Å²) in [6.45, 7) is 1.87. The Morgan fingerprint density at radius 1 is 0.714 bits per heavy atom. The molecule has 0 fully saturated rings. The van der Waals surface area contributed by atoms with Crippen molar-refractivity contribution in [2.75, 3.05) is 13.6 Å². The average Bonchev–Trinajstić information content (AvgIpc) is 2.56. The van der Waals surface area contributed by atoms with Gasteiger partial charge in [0.15, 0.2) is 13.6 Å². The molecule has 0 bridgehead atoms. The van der Waals surface area contributed by atoms with Crippen LogP contribution in [0.25, 0.3) is 0 Å². The monoisotopic (exact) mass is 284 g/mol. The van der Waals surface area contributed by atoms with Crippen LogP contribution in [-0.2, 0) is 29.1 Å². The van der Waals surface area contributed by atoms with E-state index in [1.165, 1.54) is 11.1 Å². The number of hydrogen-bond donors (Lipinski definition) is 0. The largest absolute Gasteiger partial charge is 0.467 e. The lowest BCUT2D eigenvalue weighted by atomic mass is 9.95. The third-order valence-corrected chi connectivity index (χ3v) is 3.93. The van der Waals surface area contributed by atoms with Gasteiger partial charge in [-0.2, -0.15) is 0 Å². The van der Waals surface area contributed by atoms with Gasteiger partial charge in [0.05, 0.1) is 13.2 Å². The molecule has 0 saturated carbocycles. The topological polar surface area (TPSA) is 36.9 Å². The summed E-state index contributed by atoms with van der Waals surface area (Å²) < 4.78 is 21.9.